The number of para-hydroxylation sites is 3. The lowest BCUT2D eigenvalue weighted by Crippen LogP contribution is -2.33. The van der Waals surface area contributed by atoms with E-state index >= 15 is 0 Å². The molecule has 0 amide bonds. The van der Waals surface area contributed by atoms with Crippen LogP contribution in [-0.2, 0) is 0 Å². The fourth-order valence-corrected chi connectivity index (χ4v) is 3.05. The van der Waals surface area contributed by atoms with Crippen molar-refractivity contribution in [3.05, 3.63) is 78.1 Å². The fraction of sp³-hybridized carbons (Fsp3) is 0.200. The van der Waals surface area contributed by atoms with Gasteiger partial charge in [0.1, 0.15) is 0 Å². The smallest absolute Gasteiger partial charge is 0.0699 e. The van der Waals surface area contributed by atoms with Crippen LogP contribution in [0.5, 0.6) is 0 Å². The van der Waals surface area contributed by atoms with E-state index in [0.29, 0.717) is 0 Å². The summed E-state index contributed by atoms with van der Waals surface area (Å²) in [6, 6.07) is 19.1. The molecule has 0 bridgehead atoms. The van der Waals surface area contributed by atoms with Crippen molar-refractivity contribution in [1.82, 2.24) is 0 Å². The Morgan fingerprint density at radius 1 is 0.864 bits per heavy atom. The molecular weight excluding hydrogens is 268 g/mol. The van der Waals surface area contributed by atoms with Crippen LogP contribution in [-0.4, -0.2) is 7.05 Å². The molecule has 1 aliphatic rings. The topological polar surface area (TPSA) is 6.48 Å². The van der Waals surface area contributed by atoms with Crippen LogP contribution in [0.15, 0.2) is 78.1 Å². The molecule has 0 fully saturated rings. The SMILES string of the molecule is C/C=C1\C(=C/CC)N(C)c2ccccc2N1c1ccccc1. The van der Waals surface area contributed by atoms with E-state index < -0.39 is 0 Å². The van der Waals surface area contributed by atoms with Crippen molar-refractivity contribution in [1.29, 1.82) is 0 Å². The van der Waals surface area contributed by atoms with Crippen LogP contribution in [0.25, 0.3) is 0 Å². The van der Waals surface area contributed by atoms with Gasteiger partial charge in [0.25, 0.3) is 0 Å². The zero-order valence-electron chi connectivity index (χ0n) is 13.5. The zero-order valence-corrected chi connectivity index (χ0v) is 13.5. The predicted molar refractivity (Wildman–Crippen MR) is 95.6 cm³/mol. The Morgan fingerprint density at radius 2 is 1.50 bits per heavy atom. The van der Waals surface area contributed by atoms with Crippen molar-refractivity contribution in [2.45, 2.75) is 20.3 Å². The van der Waals surface area contributed by atoms with E-state index in [4.69, 9.17) is 0 Å². The molecule has 2 aromatic carbocycles. The Morgan fingerprint density at radius 3 is 2.14 bits per heavy atom. The van der Waals surface area contributed by atoms with E-state index in [9.17, 15) is 0 Å². The van der Waals surface area contributed by atoms with Crippen molar-refractivity contribution in [3.63, 3.8) is 0 Å². The van der Waals surface area contributed by atoms with Crippen molar-refractivity contribution in [2.75, 3.05) is 16.8 Å². The summed E-state index contributed by atoms with van der Waals surface area (Å²) in [6.07, 6.45) is 5.50. The summed E-state index contributed by atoms with van der Waals surface area (Å²) >= 11 is 0. The summed E-state index contributed by atoms with van der Waals surface area (Å²) in [7, 11) is 2.14. The van der Waals surface area contributed by atoms with Gasteiger partial charge in [0.15, 0.2) is 0 Å². The summed E-state index contributed by atoms with van der Waals surface area (Å²) in [5.74, 6) is 0. The Bertz CT molecular complexity index is 713. The van der Waals surface area contributed by atoms with E-state index in [1.165, 1.54) is 28.5 Å². The minimum atomic E-state index is 1.02. The van der Waals surface area contributed by atoms with E-state index in [1.54, 1.807) is 0 Å². The maximum Gasteiger partial charge on any atom is 0.0699 e. The van der Waals surface area contributed by atoms with Crippen molar-refractivity contribution >= 4 is 17.1 Å². The first-order valence-electron chi connectivity index (χ1n) is 7.82. The number of rotatable bonds is 2. The van der Waals surface area contributed by atoms with Gasteiger partial charge in [-0.15, -0.1) is 0 Å². The monoisotopic (exact) mass is 290 g/mol. The average Bonchev–Trinajstić information content (AvgIpc) is 2.58. The van der Waals surface area contributed by atoms with Gasteiger partial charge in [-0.25, -0.2) is 0 Å². The van der Waals surface area contributed by atoms with Gasteiger partial charge in [-0.2, -0.15) is 0 Å². The molecule has 0 unspecified atom stereocenters. The standard InChI is InChI=1S/C20H22N2/c1-4-11-18-17(5-2)22(16-12-7-6-8-13-16)20-15-10-9-14-19(20)21(18)3/h5-15H,4H2,1-3H3/b17-5+,18-11+. The first-order valence-corrected chi connectivity index (χ1v) is 7.82. The molecular formula is C20H22N2. The van der Waals surface area contributed by atoms with Crippen LogP contribution >= 0.6 is 0 Å². The van der Waals surface area contributed by atoms with Gasteiger partial charge in [0.05, 0.1) is 22.8 Å². The molecule has 2 nitrogen and oxygen atoms in total. The van der Waals surface area contributed by atoms with Crippen molar-refractivity contribution in [2.24, 2.45) is 0 Å². The summed E-state index contributed by atoms with van der Waals surface area (Å²) < 4.78 is 0. The largest absolute Gasteiger partial charge is 0.341 e. The number of benzene rings is 2. The number of hydrogen-bond donors (Lipinski definition) is 0. The molecule has 0 radical (unpaired) electrons. The molecule has 2 heteroatoms. The van der Waals surface area contributed by atoms with E-state index in [0.717, 1.165) is 6.42 Å². The van der Waals surface area contributed by atoms with Gasteiger partial charge in [-0.05, 0) is 37.6 Å². The van der Waals surface area contributed by atoms with Crippen LogP contribution in [0.1, 0.15) is 20.3 Å². The number of nitrogens with zero attached hydrogens (tertiary/aromatic N) is 2. The van der Waals surface area contributed by atoms with E-state index in [2.05, 4.69) is 97.4 Å². The molecule has 0 aliphatic carbocycles. The molecule has 3 rings (SSSR count). The third-order valence-electron chi connectivity index (χ3n) is 4.03. The van der Waals surface area contributed by atoms with Gasteiger partial charge in [-0.1, -0.05) is 49.4 Å². The molecule has 0 atom stereocenters. The number of fused-ring (bicyclic) bond motifs is 1. The van der Waals surface area contributed by atoms with Crippen molar-refractivity contribution in [3.8, 4) is 0 Å². The lowest BCUT2D eigenvalue weighted by molar-refractivity contribution is 0.981. The number of anilines is 3. The quantitative estimate of drug-likeness (QED) is 0.723. The van der Waals surface area contributed by atoms with Crippen LogP contribution in [0.4, 0.5) is 17.1 Å². The van der Waals surface area contributed by atoms with E-state index in [-0.39, 0.29) is 0 Å². The van der Waals surface area contributed by atoms with Gasteiger partial charge >= 0.3 is 0 Å². The molecule has 1 heterocycles. The average molecular weight is 290 g/mol. The summed E-state index contributed by atoms with van der Waals surface area (Å²) in [5, 5.41) is 0. The lowest BCUT2D eigenvalue weighted by Gasteiger charge is -2.41. The Hall–Kier alpha value is -2.48. The normalized spacial score (nSPS) is 18.0. The molecule has 112 valence electrons. The molecule has 0 saturated heterocycles. The summed E-state index contributed by atoms with van der Waals surface area (Å²) in [6.45, 7) is 4.29. The number of allylic oxidation sites excluding steroid dienone is 2. The summed E-state index contributed by atoms with van der Waals surface area (Å²) in [4.78, 5) is 4.63. The molecule has 1 aliphatic heterocycles. The third kappa shape index (κ3) is 2.31. The van der Waals surface area contributed by atoms with Gasteiger partial charge in [0, 0.05) is 12.7 Å². The molecule has 0 N–H and O–H groups in total. The maximum atomic E-state index is 2.34. The van der Waals surface area contributed by atoms with Crippen LogP contribution in [0.3, 0.4) is 0 Å². The highest BCUT2D eigenvalue weighted by Crippen LogP contribution is 2.45. The Balaban J connectivity index is 2.26. The third-order valence-corrected chi connectivity index (χ3v) is 4.03. The number of likely N-dealkylation sites (N-methyl/N-ethyl adjacent to an activating group) is 1. The summed E-state index contributed by atoms with van der Waals surface area (Å²) in [5.41, 5.74) is 6.13. The van der Waals surface area contributed by atoms with Gasteiger partial charge in [0.2, 0.25) is 0 Å². The first kappa shape index (κ1) is 14.5. The second-order valence-electron chi connectivity index (χ2n) is 5.39. The molecule has 2 aromatic rings. The second kappa shape index (κ2) is 6.10. The molecule has 0 saturated carbocycles. The second-order valence-corrected chi connectivity index (χ2v) is 5.39. The Labute approximate surface area is 133 Å². The fourth-order valence-electron chi connectivity index (χ4n) is 3.05. The van der Waals surface area contributed by atoms with Crippen LogP contribution < -0.4 is 9.80 Å². The molecule has 22 heavy (non-hydrogen) atoms. The van der Waals surface area contributed by atoms with Crippen molar-refractivity contribution < 1.29 is 0 Å². The molecule has 0 aromatic heterocycles. The predicted octanol–water partition coefficient (Wildman–Crippen LogP) is 5.47. The van der Waals surface area contributed by atoms with Crippen LogP contribution in [0, 0.1) is 0 Å². The number of hydrogen-bond acceptors (Lipinski definition) is 2. The lowest BCUT2D eigenvalue weighted by atomic mass is 10.1. The maximum absolute atomic E-state index is 2.34. The highest BCUT2D eigenvalue weighted by molar-refractivity contribution is 5.87. The molecule has 0 spiro atoms. The van der Waals surface area contributed by atoms with E-state index in [1.807, 2.05) is 0 Å². The highest BCUT2D eigenvalue weighted by atomic mass is 15.3. The van der Waals surface area contributed by atoms with Gasteiger partial charge < -0.3 is 9.80 Å². The minimum absolute atomic E-state index is 1.02. The highest BCUT2D eigenvalue weighted by Gasteiger charge is 2.28. The first-order chi connectivity index (χ1) is 10.8. The van der Waals surface area contributed by atoms with Crippen LogP contribution in [0.2, 0.25) is 0 Å². The minimum Gasteiger partial charge on any atom is -0.341 e. The Kier molecular flexibility index (Phi) is 4.01. The zero-order chi connectivity index (χ0) is 15.5. The van der Waals surface area contributed by atoms with Gasteiger partial charge in [-0.3, -0.25) is 0 Å².